The molecule has 1 amide bonds. The predicted octanol–water partition coefficient (Wildman–Crippen LogP) is 3.28. The standard InChI is InChI=1S/C18H30N4O2S/c1-18(2,3)24-17(23)22-10-6-7-14(12-22)11-21(4)13-15-16(25-5)20-9-8-19-15/h8-9,14H,6-7,10-13H2,1-5H3/t14-/m1/s1. The Labute approximate surface area is 155 Å². The molecule has 1 saturated heterocycles. The highest BCUT2D eigenvalue weighted by Crippen LogP contribution is 2.21. The van der Waals surface area contributed by atoms with Crippen molar-refractivity contribution in [2.24, 2.45) is 5.92 Å². The third kappa shape index (κ3) is 6.47. The minimum absolute atomic E-state index is 0.196. The van der Waals surface area contributed by atoms with Gasteiger partial charge in [-0.3, -0.25) is 4.98 Å². The van der Waals surface area contributed by atoms with E-state index in [4.69, 9.17) is 4.74 Å². The lowest BCUT2D eigenvalue weighted by molar-refractivity contribution is 0.0147. The van der Waals surface area contributed by atoms with Gasteiger partial charge in [-0.2, -0.15) is 0 Å². The van der Waals surface area contributed by atoms with Gasteiger partial charge in [-0.05, 0) is 52.8 Å². The lowest BCUT2D eigenvalue weighted by Gasteiger charge is -2.35. The molecule has 0 bridgehead atoms. The van der Waals surface area contributed by atoms with Crippen LogP contribution in [0.5, 0.6) is 0 Å². The number of amides is 1. The quantitative estimate of drug-likeness (QED) is 0.746. The second-order valence-corrected chi connectivity index (χ2v) is 8.44. The summed E-state index contributed by atoms with van der Waals surface area (Å²) in [4.78, 5) is 25.2. The van der Waals surface area contributed by atoms with Crippen molar-refractivity contribution in [2.75, 3.05) is 32.9 Å². The molecule has 1 atom stereocenters. The number of rotatable bonds is 5. The first kappa shape index (κ1) is 20.0. The molecule has 1 aromatic rings. The molecule has 0 saturated carbocycles. The second kappa shape index (κ2) is 8.85. The lowest BCUT2D eigenvalue weighted by Crippen LogP contribution is -2.45. The van der Waals surface area contributed by atoms with E-state index in [1.807, 2.05) is 31.9 Å². The molecule has 7 heteroatoms. The summed E-state index contributed by atoms with van der Waals surface area (Å²) in [5.41, 5.74) is 0.568. The molecular weight excluding hydrogens is 336 g/mol. The number of likely N-dealkylation sites (tertiary alicyclic amines) is 1. The number of aromatic nitrogens is 2. The SMILES string of the molecule is CSc1nccnc1CN(C)C[C@H]1CCCN(C(=O)OC(C)(C)C)C1. The van der Waals surface area contributed by atoms with Crippen LogP contribution in [0.4, 0.5) is 4.79 Å². The molecule has 0 unspecified atom stereocenters. The molecule has 1 aromatic heterocycles. The Morgan fingerprint density at radius 2 is 2.12 bits per heavy atom. The van der Waals surface area contributed by atoms with Gasteiger partial charge >= 0.3 is 6.09 Å². The van der Waals surface area contributed by atoms with Crippen molar-refractivity contribution in [3.05, 3.63) is 18.1 Å². The van der Waals surface area contributed by atoms with Crippen LogP contribution < -0.4 is 0 Å². The van der Waals surface area contributed by atoms with Crippen LogP contribution in [0.2, 0.25) is 0 Å². The lowest BCUT2D eigenvalue weighted by atomic mass is 9.98. The summed E-state index contributed by atoms with van der Waals surface area (Å²) in [5.74, 6) is 0.459. The Hall–Kier alpha value is -1.34. The summed E-state index contributed by atoms with van der Waals surface area (Å²) in [5, 5.41) is 0.980. The van der Waals surface area contributed by atoms with Crippen LogP contribution in [0.15, 0.2) is 17.4 Å². The van der Waals surface area contributed by atoms with Crippen LogP contribution in [-0.2, 0) is 11.3 Å². The molecule has 2 heterocycles. The fraction of sp³-hybridized carbons (Fsp3) is 0.722. The van der Waals surface area contributed by atoms with E-state index < -0.39 is 5.60 Å². The first-order valence-corrected chi connectivity index (χ1v) is 10.0. The number of piperidine rings is 1. The fourth-order valence-corrected chi connectivity index (χ4v) is 3.62. The Balaban J connectivity index is 1.88. The predicted molar refractivity (Wildman–Crippen MR) is 101 cm³/mol. The number of nitrogens with zero attached hydrogens (tertiary/aromatic N) is 4. The molecule has 0 aliphatic carbocycles. The van der Waals surface area contributed by atoms with Crippen molar-refractivity contribution in [2.45, 2.75) is 50.8 Å². The first-order valence-electron chi connectivity index (χ1n) is 8.79. The van der Waals surface area contributed by atoms with Gasteiger partial charge < -0.3 is 14.5 Å². The third-order valence-electron chi connectivity index (χ3n) is 4.09. The Kier molecular flexibility index (Phi) is 7.07. The zero-order chi connectivity index (χ0) is 18.4. The van der Waals surface area contributed by atoms with Crippen molar-refractivity contribution in [1.29, 1.82) is 0 Å². The second-order valence-electron chi connectivity index (χ2n) is 7.64. The molecule has 25 heavy (non-hydrogen) atoms. The normalized spacial score (nSPS) is 18.5. The van der Waals surface area contributed by atoms with Gasteiger partial charge in [0.15, 0.2) is 0 Å². The maximum atomic E-state index is 12.3. The Morgan fingerprint density at radius 1 is 1.40 bits per heavy atom. The minimum atomic E-state index is -0.443. The van der Waals surface area contributed by atoms with Gasteiger partial charge in [-0.15, -0.1) is 11.8 Å². The summed E-state index contributed by atoms with van der Waals surface area (Å²) in [6, 6.07) is 0. The van der Waals surface area contributed by atoms with Crippen molar-refractivity contribution in [1.82, 2.24) is 19.8 Å². The smallest absolute Gasteiger partial charge is 0.410 e. The molecule has 6 nitrogen and oxygen atoms in total. The van der Waals surface area contributed by atoms with Gasteiger partial charge in [0.2, 0.25) is 0 Å². The highest BCUT2D eigenvalue weighted by atomic mass is 32.2. The molecular formula is C18H30N4O2S. The van der Waals surface area contributed by atoms with E-state index in [0.29, 0.717) is 5.92 Å². The summed E-state index contributed by atoms with van der Waals surface area (Å²) in [6.45, 7) is 8.97. The van der Waals surface area contributed by atoms with E-state index >= 15 is 0 Å². The van der Waals surface area contributed by atoms with Gasteiger partial charge in [0.1, 0.15) is 10.6 Å². The van der Waals surface area contributed by atoms with Crippen molar-refractivity contribution in [3.63, 3.8) is 0 Å². The number of thioether (sulfide) groups is 1. The number of carbonyl (C=O) groups excluding carboxylic acids is 1. The topological polar surface area (TPSA) is 58.6 Å². The van der Waals surface area contributed by atoms with E-state index in [1.165, 1.54) is 0 Å². The van der Waals surface area contributed by atoms with E-state index in [2.05, 4.69) is 21.9 Å². The van der Waals surface area contributed by atoms with Crippen molar-refractivity contribution < 1.29 is 9.53 Å². The van der Waals surface area contributed by atoms with Gasteiger partial charge in [0.25, 0.3) is 0 Å². The Morgan fingerprint density at radius 3 is 2.80 bits per heavy atom. The highest BCUT2D eigenvalue weighted by molar-refractivity contribution is 7.98. The molecule has 140 valence electrons. The summed E-state index contributed by atoms with van der Waals surface area (Å²) in [7, 11) is 2.10. The molecule has 1 aliphatic rings. The molecule has 1 aliphatic heterocycles. The number of carbonyl (C=O) groups is 1. The first-order chi connectivity index (χ1) is 11.8. The zero-order valence-corrected chi connectivity index (χ0v) is 16.8. The summed E-state index contributed by atoms with van der Waals surface area (Å²) in [6.07, 6.45) is 7.47. The van der Waals surface area contributed by atoms with Crippen LogP contribution in [0.3, 0.4) is 0 Å². The third-order valence-corrected chi connectivity index (χ3v) is 4.82. The highest BCUT2D eigenvalue weighted by Gasteiger charge is 2.28. The number of hydrogen-bond acceptors (Lipinski definition) is 6. The number of ether oxygens (including phenoxy) is 1. The zero-order valence-electron chi connectivity index (χ0n) is 16.0. The van der Waals surface area contributed by atoms with E-state index in [1.54, 1.807) is 24.2 Å². The van der Waals surface area contributed by atoms with Gasteiger partial charge in [0, 0.05) is 38.6 Å². The molecule has 0 N–H and O–H groups in total. The summed E-state index contributed by atoms with van der Waals surface area (Å²) < 4.78 is 5.51. The van der Waals surface area contributed by atoms with Crippen LogP contribution in [-0.4, -0.2) is 64.4 Å². The average Bonchev–Trinajstić information content (AvgIpc) is 2.54. The number of hydrogen-bond donors (Lipinski definition) is 0. The molecule has 0 spiro atoms. The monoisotopic (exact) mass is 366 g/mol. The van der Waals surface area contributed by atoms with Gasteiger partial charge in [-0.1, -0.05) is 0 Å². The maximum Gasteiger partial charge on any atom is 0.410 e. The minimum Gasteiger partial charge on any atom is -0.444 e. The van der Waals surface area contributed by atoms with Crippen molar-refractivity contribution in [3.8, 4) is 0 Å². The van der Waals surface area contributed by atoms with Crippen LogP contribution in [0, 0.1) is 5.92 Å². The van der Waals surface area contributed by atoms with E-state index in [-0.39, 0.29) is 6.09 Å². The fourth-order valence-electron chi connectivity index (χ4n) is 3.10. The largest absolute Gasteiger partial charge is 0.444 e. The van der Waals surface area contributed by atoms with Crippen LogP contribution >= 0.6 is 11.8 Å². The maximum absolute atomic E-state index is 12.3. The molecule has 2 rings (SSSR count). The van der Waals surface area contributed by atoms with Gasteiger partial charge in [0.05, 0.1) is 5.69 Å². The van der Waals surface area contributed by atoms with E-state index in [0.717, 1.165) is 49.7 Å². The molecule has 1 fully saturated rings. The average molecular weight is 367 g/mol. The van der Waals surface area contributed by atoms with Crippen molar-refractivity contribution >= 4 is 17.9 Å². The molecule has 0 radical (unpaired) electrons. The molecule has 0 aromatic carbocycles. The van der Waals surface area contributed by atoms with E-state index in [9.17, 15) is 4.79 Å². The summed E-state index contributed by atoms with van der Waals surface area (Å²) >= 11 is 1.62. The van der Waals surface area contributed by atoms with Crippen LogP contribution in [0.25, 0.3) is 0 Å². The van der Waals surface area contributed by atoms with Crippen LogP contribution in [0.1, 0.15) is 39.3 Å². The van der Waals surface area contributed by atoms with Gasteiger partial charge in [-0.25, -0.2) is 9.78 Å². The Bertz CT molecular complexity index is 576.